The van der Waals surface area contributed by atoms with Crippen LogP contribution in [0.25, 0.3) is 0 Å². The van der Waals surface area contributed by atoms with Crippen LogP contribution in [-0.4, -0.2) is 21.3 Å². The Morgan fingerprint density at radius 3 is 2.33 bits per heavy atom. The Labute approximate surface area is 160 Å². The zero-order valence-electron chi connectivity index (χ0n) is 16.1. The molecule has 2 N–H and O–H groups in total. The molecule has 0 amide bonds. The molecule has 0 atom stereocenters. The zero-order valence-corrected chi connectivity index (χ0v) is 16.1. The van der Waals surface area contributed by atoms with E-state index < -0.39 is 0 Å². The molecule has 0 radical (unpaired) electrons. The number of hydrogen-bond acceptors (Lipinski definition) is 6. The summed E-state index contributed by atoms with van der Waals surface area (Å²) in [7, 11) is 0. The van der Waals surface area contributed by atoms with Gasteiger partial charge in [0.15, 0.2) is 5.82 Å². The van der Waals surface area contributed by atoms with Crippen molar-refractivity contribution in [1.82, 2.24) is 15.2 Å². The van der Waals surface area contributed by atoms with Crippen LogP contribution in [0.2, 0.25) is 0 Å². The molecule has 6 nitrogen and oxygen atoms in total. The van der Waals surface area contributed by atoms with Crippen LogP contribution in [0.4, 0.5) is 23.1 Å². The van der Waals surface area contributed by atoms with Crippen molar-refractivity contribution in [3.8, 4) is 5.75 Å². The molecule has 1 heterocycles. The number of nitrogens with zero attached hydrogens (tertiary/aromatic N) is 3. The minimum Gasteiger partial charge on any atom is -0.489 e. The Bertz CT molecular complexity index is 878. The quantitative estimate of drug-likeness (QED) is 0.596. The summed E-state index contributed by atoms with van der Waals surface area (Å²) < 4.78 is 5.83. The van der Waals surface area contributed by atoms with Crippen molar-refractivity contribution >= 4 is 23.1 Å². The third kappa shape index (κ3) is 5.17. The summed E-state index contributed by atoms with van der Waals surface area (Å²) in [5, 5.41) is 14.5. The fourth-order valence-corrected chi connectivity index (χ4v) is 2.56. The fourth-order valence-electron chi connectivity index (χ4n) is 2.56. The maximum Gasteiger partial charge on any atom is 0.249 e. The molecule has 0 spiro atoms. The van der Waals surface area contributed by atoms with Crippen molar-refractivity contribution in [2.45, 2.75) is 39.7 Å². The van der Waals surface area contributed by atoms with Crippen LogP contribution >= 0.6 is 0 Å². The van der Waals surface area contributed by atoms with Crippen LogP contribution < -0.4 is 15.4 Å². The van der Waals surface area contributed by atoms with E-state index in [0.717, 1.165) is 17.1 Å². The Hall–Kier alpha value is -3.15. The Morgan fingerprint density at radius 2 is 1.63 bits per heavy atom. The second-order valence-corrected chi connectivity index (χ2v) is 6.85. The van der Waals surface area contributed by atoms with Gasteiger partial charge >= 0.3 is 0 Å². The molecule has 0 aliphatic carbocycles. The standard InChI is InChI=1S/C21H25N5O/c1-14(2)16-9-11-17(12-10-16)23-21-25-20(13-22-26-21)24-18-7-5-6-8-19(18)27-15(3)4/h5-15H,1-4H3,(H2,23,24,25,26). The van der Waals surface area contributed by atoms with E-state index in [0.29, 0.717) is 17.7 Å². The van der Waals surface area contributed by atoms with Gasteiger partial charge in [-0.05, 0) is 49.6 Å². The van der Waals surface area contributed by atoms with E-state index in [4.69, 9.17) is 4.74 Å². The Morgan fingerprint density at radius 1 is 0.889 bits per heavy atom. The molecule has 0 aliphatic heterocycles. The van der Waals surface area contributed by atoms with Gasteiger partial charge in [-0.25, -0.2) is 0 Å². The second-order valence-electron chi connectivity index (χ2n) is 6.85. The van der Waals surface area contributed by atoms with Gasteiger partial charge in [-0.1, -0.05) is 38.1 Å². The van der Waals surface area contributed by atoms with E-state index in [2.05, 4.69) is 51.8 Å². The number of rotatable bonds is 7. The average Bonchev–Trinajstić information content (AvgIpc) is 2.64. The van der Waals surface area contributed by atoms with Gasteiger partial charge in [-0.2, -0.15) is 10.1 Å². The normalized spacial score (nSPS) is 10.9. The summed E-state index contributed by atoms with van der Waals surface area (Å²) in [5.41, 5.74) is 3.04. The summed E-state index contributed by atoms with van der Waals surface area (Å²) in [6, 6.07) is 16.0. The van der Waals surface area contributed by atoms with Crippen molar-refractivity contribution in [3.05, 3.63) is 60.3 Å². The van der Waals surface area contributed by atoms with E-state index in [1.807, 2.05) is 50.2 Å². The number of benzene rings is 2. The lowest BCUT2D eigenvalue weighted by molar-refractivity contribution is 0.244. The lowest BCUT2D eigenvalue weighted by atomic mass is 10.0. The first-order valence-electron chi connectivity index (χ1n) is 9.10. The molecule has 6 heteroatoms. The Balaban J connectivity index is 1.74. The number of nitrogens with one attached hydrogen (secondary N) is 2. The lowest BCUT2D eigenvalue weighted by Crippen LogP contribution is -2.08. The highest BCUT2D eigenvalue weighted by Crippen LogP contribution is 2.27. The van der Waals surface area contributed by atoms with Crippen LogP contribution in [0, 0.1) is 0 Å². The van der Waals surface area contributed by atoms with E-state index in [1.54, 1.807) is 6.20 Å². The van der Waals surface area contributed by atoms with Gasteiger partial charge in [0.2, 0.25) is 5.95 Å². The summed E-state index contributed by atoms with van der Waals surface area (Å²) in [6.45, 7) is 8.34. The number of para-hydroxylation sites is 2. The van der Waals surface area contributed by atoms with Crippen LogP contribution in [-0.2, 0) is 0 Å². The molecular formula is C21H25N5O. The van der Waals surface area contributed by atoms with Gasteiger partial charge in [-0.15, -0.1) is 5.10 Å². The first-order chi connectivity index (χ1) is 13.0. The Kier molecular flexibility index (Phi) is 5.86. The molecule has 0 saturated carbocycles. The smallest absolute Gasteiger partial charge is 0.249 e. The number of ether oxygens (including phenoxy) is 1. The van der Waals surface area contributed by atoms with Crippen molar-refractivity contribution in [2.75, 3.05) is 10.6 Å². The minimum absolute atomic E-state index is 0.0857. The predicted molar refractivity (Wildman–Crippen MR) is 109 cm³/mol. The van der Waals surface area contributed by atoms with Crippen LogP contribution in [0.1, 0.15) is 39.2 Å². The highest BCUT2D eigenvalue weighted by Gasteiger charge is 2.08. The van der Waals surface area contributed by atoms with Crippen LogP contribution in [0.5, 0.6) is 5.75 Å². The molecule has 140 valence electrons. The second kappa shape index (κ2) is 8.49. The third-order valence-corrected chi connectivity index (χ3v) is 3.90. The molecule has 2 aromatic carbocycles. The van der Waals surface area contributed by atoms with Crippen molar-refractivity contribution in [3.63, 3.8) is 0 Å². The van der Waals surface area contributed by atoms with E-state index in [1.165, 1.54) is 5.56 Å². The van der Waals surface area contributed by atoms with E-state index in [-0.39, 0.29) is 6.10 Å². The summed E-state index contributed by atoms with van der Waals surface area (Å²) >= 11 is 0. The zero-order chi connectivity index (χ0) is 19.2. The molecule has 3 aromatic rings. The van der Waals surface area contributed by atoms with Crippen molar-refractivity contribution in [2.24, 2.45) is 0 Å². The van der Waals surface area contributed by atoms with E-state index >= 15 is 0 Å². The molecule has 0 bridgehead atoms. The SMILES string of the molecule is CC(C)Oc1ccccc1Nc1cnnc(Nc2ccc(C(C)C)cc2)n1. The maximum absolute atomic E-state index is 5.83. The number of aromatic nitrogens is 3. The minimum atomic E-state index is 0.0857. The maximum atomic E-state index is 5.83. The highest BCUT2D eigenvalue weighted by atomic mass is 16.5. The predicted octanol–water partition coefficient (Wildman–Crippen LogP) is 5.27. The van der Waals surface area contributed by atoms with Gasteiger partial charge in [0.05, 0.1) is 18.0 Å². The average molecular weight is 363 g/mol. The summed E-state index contributed by atoms with van der Waals surface area (Å²) in [6.07, 6.45) is 1.67. The molecule has 0 saturated heterocycles. The topological polar surface area (TPSA) is 72.0 Å². The van der Waals surface area contributed by atoms with Gasteiger partial charge in [0, 0.05) is 5.69 Å². The largest absolute Gasteiger partial charge is 0.489 e. The van der Waals surface area contributed by atoms with Crippen LogP contribution in [0.3, 0.4) is 0 Å². The molecule has 0 unspecified atom stereocenters. The highest BCUT2D eigenvalue weighted by molar-refractivity contribution is 5.64. The summed E-state index contributed by atoms with van der Waals surface area (Å²) in [4.78, 5) is 4.49. The van der Waals surface area contributed by atoms with Gasteiger partial charge in [-0.3, -0.25) is 0 Å². The molecule has 1 aromatic heterocycles. The fraction of sp³-hybridized carbons (Fsp3) is 0.286. The van der Waals surface area contributed by atoms with E-state index in [9.17, 15) is 0 Å². The van der Waals surface area contributed by atoms with Gasteiger partial charge in [0.1, 0.15) is 5.75 Å². The molecular weight excluding hydrogens is 338 g/mol. The first kappa shape index (κ1) is 18.6. The molecule has 0 fully saturated rings. The lowest BCUT2D eigenvalue weighted by Gasteiger charge is -2.15. The monoisotopic (exact) mass is 363 g/mol. The van der Waals surface area contributed by atoms with Gasteiger partial charge < -0.3 is 15.4 Å². The molecule has 27 heavy (non-hydrogen) atoms. The third-order valence-electron chi connectivity index (χ3n) is 3.90. The first-order valence-corrected chi connectivity index (χ1v) is 9.10. The van der Waals surface area contributed by atoms with Crippen LogP contribution in [0.15, 0.2) is 54.7 Å². The van der Waals surface area contributed by atoms with Gasteiger partial charge in [0.25, 0.3) is 0 Å². The number of anilines is 4. The summed E-state index contributed by atoms with van der Waals surface area (Å²) in [5.74, 6) is 2.29. The van der Waals surface area contributed by atoms with Crippen molar-refractivity contribution in [1.29, 1.82) is 0 Å². The van der Waals surface area contributed by atoms with Crippen molar-refractivity contribution < 1.29 is 4.74 Å². The molecule has 0 aliphatic rings. The molecule has 3 rings (SSSR count). The number of hydrogen-bond donors (Lipinski definition) is 2.